The molecule has 0 atom stereocenters. The Labute approximate surface area is 95.3 Å². The lowest BCUT2D eigenvalue weighted by molar-refractivity contribution is 0.756. The summed E-state index contributed by atoms with van der Waals surface area (Å²) < 4.78 is 1.82. The van der Waals surface area contributed by atoms with Crippen molar-refractivity contribution in [2.75, 3.05) is 11.9 Å². The zero-order valence-electron chi connectivity index (χ0n) is 9.64. The van der Waals surface area contributed by atoms with Crippen molar-refractivity contribution in [1.29, 1.82) is 0 Å². The molecule has 0 spiro atoms. The molecule has 0 unspecified atom stereocenters. The fourth-order valence-electron chi connectivity index (χ4n) is 1.66. The molecular weight excluding hydrogens is 200 g/mol. The summed E-state index contributed by atoms with van der Waals surface area (Å²) in [7, 11) is 1.93. The van der Waals surface area contributed by atoms with Crippen LogP contribution in [-0.4, -0.2) is 21.3 Å². The number of hydrogen-bond acceptors (Lipinski definition) is 3. The summed E-state index contributed by atoms with van der Waals surface area (Å²) in [6, 6.07) is 4.08. The lowest BCUT2D eigenvalue weighted by Gasteiger charge is -2.04. The van der Waals surface area contributed by atoms with Crippen LogP contribution in [0.3, 0.4) is 0 Å². The minimum Gasteiger partial charge on any atom is -0.382 e. The summed E-state index contributed by atoms with van der Waals surface area (Å²) in [5.74, 6) is 0. The maximum Gasteiger partial charge on any atom is 0.0824 e. The third-order valence-electron chi connectivity index (χ3n) is 2.49. The molecule has 0 aliphatic carbocycles. The Kier molecular flexibility index (Phi) is 3.19. The summed E-state index contributed by atoms with van der Waals surface area (Å²) >= 11 is 0. The van der Waals surface area contributed by atoms with Gasteiger partial charge in [-0.15, -0.1) is 0 Å². The quantitative estimate of drug-likeness (QED) is 0.847. The Morgan fingerprint density at radius 3 is 2.69 bits per heavy atom. The standard InChI is InChI=1S/C12H16N4/c1-10-12(9-16(2)15-10)14-8-5-11-3-6-13-7-4-11/h3-4,6-7,9,14H,5,8H2,1-2H3. The minimum absolute atomic E-state index is 0.913. The van der Waals surface area contributed by atoms with Crippen molar-refractivity contribution in [2.45, 2.75) is 13.3 Å². The highest BCUT2D eigenvalue weighted by Gasteiger charge is 2.01. The molecule has 0 amide bonds. The highest BCUT2D eigenvalue weighted by atomic mass is 15.3. The van der Waals surface area contributed by atoms with Crippen LogP contribution in [0.1, 0.15) is 11.3 Å². The molecule has 0 aliphatic rings. The van der Waals surface area contributed by atoms with Gasteiger partial charge >= 0.3 is 0 Å². The Hall–Kier alpha value is -1.84. The predicted octanol–water partition coefficient (Wildman–Crippen LogP) is 1.78. The molecule has 0 saturated carbocycles. The molecule has 0 saturated heterocycles. The Bertz CT molecular complexity index is 447. The van der Waals surface area contributed by atoms with Crippen LogP contribution < -0.4 is 5.32 Å². The molecule has 0 aromatic carbocycles. The first-order chi connectivity index (χ1) is 7.75. The lowest BCUT2D eigenvalue weighted by atomic mass is 10.2. The first-order valence-corrected chi connectivity index (χ1v) is 5.39. The van der Waals surface area contributed by atoms with E-state index < -0.39 is 0 Å². The Balaban J connectivity index is 1.87. The largest absolute Gasteiger partial charge is 0.382 e. The monoisotopic (exact) mass is 216 g/mol. The molecule has 1 N–H and O–H groups in total. The zero-order chi connectivity index (χ0) is 11.4. The van der Waals surface area contributed by atoms with Crippen LogP contribution in [0, 0.1) is 6.92 Å². The predicted molar refractivity (Wildman–Crippen MR) is 64.4 cm³/mol. The number of aromatic nitrogens is 3. The van der Waals surface area contributed by atoms with E-state index in [1.165, 1.54) is 5.56 Å². The van der Waals surface area contributed by atoms with Gasteiger partial charge < -0.3 is 5.32 Å². The van der Waals surface area contributed by atoms with Crippen molar-refractivity contribution in [3.8, 4) is 0 Å². The van der Waals surface area contributed by atoms with E-state index >= 15 is 0 Å². The number of hydrogen-bond donors (Lipinski definition) is 1. The van der Waals surface area contributed by atoms with Crippen molar-refractivity contribution in [1.82, 2.24) is 14.8 Å². The summed E-state index contributed by atoms with van der Waals surface area (Å²) in [4.78, 5) is 4.00. The van der Waals surface area contributed by atoms with E-state index in [1.807, 2.05) is 49.4 Å². The van der Waals surface area contributed by atoms with E-state index in [4.69, 9.17) is 0 Å². The number of rotatable bonds is 4. The van der Waals surface area contributed by atoms with Crippen LogP contribution in [0.25, 0.3) is 0 Å². The molecule has 0 fully saturated rings. The SMILES string of the molecule is Cc1nn(C)cc1NCCc1ccncc1. The minimum atomic E-state index is 0.913. The van der Waals surface area contributed by atoms with Gasteiger partial charge in [0.2, 0.25) is 0 Å². The van der Waals surface area contributed by atoms with Gasteiger partial charge in [-0.2, -0.15) is 5.10 Å². The van der Waals surface area contributed by atoms with Crippen LogP contribution in [0.15, 0.2) is 30.7 Å². The van der Waals surface area contributed by atoms with Crippen molar-refractivity contribution >= 4 is 5.69 Å². The molecule has 0 radical (unpaired) electrons. The molecule has 2 rings (SSSR count). The molecule has 2 aromatic heterocycles. The van der Waals surface area contributed by atoms with Crippen LogP contribution in [0.2, 0.25) is 0 Å². The van der Waals surface area contributed by atoms with Crippen molar-refractivity contribution < 1.29 is 0 Å². The molecule has 0 aliphatic heterocycles. The molecule has 0 bridgehead atoms. The number of aryl methyl sites for hydroxylation is 2. The van der Waals surface area contributed by atoms with Gasteiger partial charge in [-0.05, 0) is 31.0 Å². The maximum atomic E-state index is 4.28. The van der Waals surface area contributed by atoms with E-state index in [0.717, 1.165) is 24.3 Å². The summed E-state index contributed by atoms with van der Waals surface area (Å²) in [5.41, 5.74) is 3.44. The molecule has 84 valence electrons. The van der Waals surface area contributed by atoms with E-state index in [1.54, 1.807) is 0 Å². The highest BCUT2D eigenvalue weighted by molar-refractivity contribution is 5.45. The first kappa shape index (κ1) is 10.7. The Morgan fingerprint density at radius 1 is 1.31 bits per heavy atom. The normalized spacial score (nSPS) is 10.4. The number of pyridine rings is 1. The molecule has 2 heterocycles. The summed E-state index contributed by atoms with van der Waals surface area (Å²) in [6.45, 7) is 2.92. The maximum absolute atomic E-state index is 4.28. The van der Waals surface area contributed by atoms with Gasteiger partial charge in [-0.1, -0.05) is 0 Å². The second-order valence-corrected chi connectivity index (χ2v) is 3.83. The van der Waals surface area contributed by atoms with Crippen molar-refractivity contribution in [2.24, 2.45) is 7.05 Å². The average Bonchev–Trinajstić information content (AvgIpc) is 2.59. The van der Waals surface area contributed by atoms with E-state index in [9.17, 15) is 0 Å². The topological polar surface area (TPSA) is 42.7 Å². The fourth-order valence-corrected chi connectivity index (χ4v) is 1.66. The van der Waals surface area contributed by atoms with E-state index in [-0.39, 0.29) is 0 Å². The fraction of sp³-hybridized carbons (Fsp3) is 0.333. The summed E-state index contributed by atoms with van der Waals surface area (Å²) in [6.07, 6.45) is 6.65. The van der Waals surface area contributed by atoms with Crippen LogP contribution >= 0.6 is 0 Å². The van der Waals surface area contributed by atoms with Gasteiger partial charge in [0.25, 0.3) is 0 Å². The van der Waals surface area contributed by atoms with Gasteiger partial charge in [0.15, 0.2) is 0 Å². The van der Waals surface area contributed by atoms with Gasteiger partial charge in [-0.3, -0.25) is 9.67 Å². The third-order valence-corrected chi connectivity index (χ3v) is 2.49. The first-order valence-electron chi connectivity index (χ1n) is 5.39. The highest BCUT2D eigenvalue weighted by Crippen LogP contribution is 2.11. The molecular formula is C12H16N4. The average molecular weight is 216 g/mol. The van der Waals surface area contributed by atoms with Crippen LogP contribution in [-0.2, 0) is 13.5 Å². The second-order valence-electron chi connectivity index (χ2n) is 3.83. The number of nitrogens with zero attached hydrogens (tertiary/aromatic N) is 3. The molecule has 16 heavy (non-hydrogen) atoms. The van der Waals surface area contributed by atoms with Crippen molar-refractivity contribution in [3.05, 3.63) is 42.0 Å². The van der Waals surface area contributed by atoms with Crippen LogP contribution in [0.4, 0.5) is 5.69 Å². The van der Waals surface area contributed by atoms with E-state index in [2.05, 4.69) is 15.4 Å². The second kappa shape index (κ2) is 4.79. The lowest BCUT2D eigenvalue weighted by Crippen LogP contribution is -2.05. The van der Waals surface area contributed by atoms with Crippen LogP contribution in [0.5, 0.6) is 0 Å². The van der Waals surface area contributed by atoms with Gasteiger partial charge in [0.1, 0.15) is 0 Å². The summed E-state index contributed by atoms with van der Waals surface area (Å²) in [5, 5.41) is 7.66. The van der Waals surface area contributed by atoms with Gasteiger partial charge in [0.05, 0.1) is 11.4 Å². The smallest absolute Gasteiger partial charge is 0.0824 e. The number of anilines is 1. The van der Waals surface area contributed by atoms with Gasteiger partial charge in [-0.25, -0.2) is 0 Å². The van der Waals surface area contributed by atoms with Gasteiger partial charge in [0, 0.05) is 32.2 Å². The third kappa shape index (κ3) is 2.59. The molecule has 4 nitrogen and oxygen atoms in total. The number of nitrogens with one attached hydrogen (secondary N) is 1. The van der Waals surface area contributed by atoms with Crippen molar-refractivity contribution in [3.63, 3.8) is 0 Å². The zero-order valence-corrected chi connectivity index (χ0v) is 9.64. The Morgan fingerprint density at radius 2 is 2.06 bits per heavy atom. The van der Waals surface area contributed by atoms with E-state index in [0.29, 0.717) is 0 Å². The molecule has 4 heteroatoms. The molecule has 2 aromatic rings.